The molecule has 0 aliphatic carbocycles. The molecule has 0 saturated carbocycles. The smallest absolute Gasteiger partial charge is 0.306 e. The molecule has 0 radical (unpaired) electrons. The van der Waals surface area contributed by atoms with E-state index in [1.807, 2.05) is 0 Å². The lowest BCUT2D eigenvalue weighted by atomic mass is 10.0. The fraction of sp³-hybridized carbons (Fsp3) is 0.860. The highest BCUT2D eigenvalue weighted by Crippen LogP contribution is 2.18. The molecule has 0 rings (SSSR count). The van der Waals surface area contributed by atoms with Crippen molar-refractivity contribution in [1.29, 1.82) is 0 Å². The lowest BCUT2D eigenvalue weighted by Gasteiger charge is -2.24. The van der Waals surface area contributed by atoms with Crippen molar-refractivity contribution < 1.29 is 24.5 Å². The van der Waals surface area contributed by atoms with Crippen LogP contribution in [0.1, 0.15) is 290 Å². The molecule has 0 bridgehead atoms. The third-order valence-electron chi connectivity index (χ3n) is 12.7. The van der Waals surface area contributed by atoms with Crippen molar-refractivity contribution in [2.24, 2.45) is 0 Å². The van der Waals surface area contributed by atoms with Gasteiger partial charge < -0.3 is 20.3 Å². The molecule has 63 heavy (non-hydrogen) atoms. The predicted octanol–water partition coefficient (Wildman–Crippen LogP) is 16.8. The molecule has 3 unspecified atom stereocenters. The predicted molar refractivity (Wildman–Crippen MR) is 273 cm³/mol. The number of ether oxygens (including phenoxy) is 1. The van der Waals surface area contributed by atoms with E-state index in [-0.39, 0.29) is 24.9 Å². The van der Waals surface area contributed by atoms with Gasteiger partial charge in [0.05, 0.1) is 25.2 Å². The SMILES string of the molecule is CCCCC/C=C\C/C=C\C/C=C\CCCCCCC(=O)OC(CCCCCCCCCCCCCCC)CC(=O)NC(CO)C(O)CCCCCCCCCCCCCCCC. The highest BCUT2D eigenvalue weighted by molar-refractivity contribution is 5.77. The normalized spacial score (nSPS) is 13.4. The lowest BCUT2D eigenvalue weighted by Crippen LogP contribution is -2.46. The van der Waals surface area contributed by atoms with Gasteiger partial charge in [0.2, 0.25) is 5.91 Å². The van der Waals surface area contributed by atoms with Crippen LogP contribution >= 0.6 is 0 Å². The second-order valence-electron chi connectivity index (χ2n) is 19.0. The van der Waals surface area contributed by atoms with E-state index in [4.69, 9.17) is 4.74 Å². The van der Waals surface area contributed by atoms with Crippen LogP contribution in [-0.4, -0.2) is 46.9 Å². The zero-order valence-corrected chi connectivity index (χ0v) is 42.2. The first-order chi connectivity index (χ1) is 31.0. The summed E-state index contributed by atoms with van der Waals surface area (Å²) in [6, 6.07) is -0.703. The Morgan fingerprint density at radius 1 is 0.460 bits per heavy atom. The minimum Gasteiger partial charge on any atom is -0.462 e. The molecule has 0 heterocycles. The molecule has 3 N–H and O–H groups in total. The van der Waals surface area contributed by atoms with Crippen molar-refractivity contribution in [3.63, 3.8) is 0 Å². The van der Waals surface area contributed by atoms with E-state index in [0.717, 1.165) is 70.6 Å². The van der Waals surface area contributed by atoms with Gasteiger partial charge in [-0.25, -0.2) is 0 Å². The average molecular weight is 886 g/mol. The molecule has 0 aliphatic rings. The summed E-state index contributed by atoms with van der Waals surface area (Å²) >= 11 is 0. The quantitative estimate of drug-likeness (QED) is 0.0321. The highest BCUT2D eigenvalue weighted by Gasteiger charge is 2.24. The summed E-state index contributed by atoms with van der Waals surface area (Å²) < 4.78 is 5.94. The zero-order chi connectivity index (χ0) is 45.9. The molecular weight excluding hydrogens is 779 g/mol. The average Bonchev–Trinajstić information content (AvgIpc) is 3.28. The molecule has 3 atom stereocenters. The van der Waals surface area contributed by atoms with Gasteiger partial charge >= 0.3 is 5.97 Å². The monoisotopic (exact) mass is 886 g/mol. The molecular formula is C57H107NO5. The van der Waals surface area contributed by atoms with Gasteiger partial charge in [0.1, 0.15) is 6.10 Å². The molecule has 0 aromatic rings. The third kappa shape index (κ3) is 46.4. The van der Waals surface area contributed by atoms with Crippen LogP contribution in [-0.2, 0) is 14.3 Å². The summed E-state index contributed by atoms with van der Waals surface area (Å²) in [5.74, 6) is -0.485. The number of carbonyl (C=O) groups excluding carboxylic acids is 2. The first-order valence-electron chi connectivity index (χ1n) is 27.7. The molecule has 0 aromatic heterocycles. The Kier molecular flexibility index (Phi) is 49.5. The molecule has 0 fully saturated rings. The molecule has 0 spiro atoms. The number of aliphatic hydroxyl groups is 2. The number of rotatable bonds is 50. The van der Waals surface area contributed by atoms with Gasteiger partial charge in [-0.15, -0.1) is 0 Å². The van der Waals surface area contributed by atoms with Gasteiger partial charge in [-0.05, 0) is 64.2 Å². The maximum Gasteiger partial charge on any atom is 0.306 e. The Labute approximate surface area is 392 Å². The maximum absolute atomic E-state index is 13.2. The zero-order valence-electron chi connectivity index (χ0n) is 42.2. The topological polar surface area (TPSA) is 95.9 Å². The summed E-state index contributed by atoms with van der Waals surface area (Å²) in [7, 11) is 0. The number of unbranched alkanes of at least 4 members (excludes halogenated alkanes) is 32. The molecule has 0 saturated heterocycles. The van der Waals surface area contributed by atoms with E-state index in [2.05, 4.69) is 62.5 Å². The molecule has 0 aromatic carbocycles. The lowest BCUT2D eigenvalue weighted by molar-refractivity contribution is -0.151. The number of hydrogen-bond acceptors (Lipinski definition) is 5. The minimum atomic E-state index is -0.789. The van der Waals surface area contributed by atoms with E-state index >= 15 is 0 Å². The highest BCUT2D eigenvalue weighted by atomic mass is 16.5. The fourth-order valence-corrected chi connectivity index (χ4v) is 8.50. The molecule has 0 aliphatic heterocycles. The largest absolute Gasteiger partial charge is 0.462 e. The van der Waals surface area contributed by atoms with E-state index < -0.39 is 18.2 Å². The van der Waals surface area contributed by atoms with E-state index in [1.54, 1.807) is 0 Å². The second kappa shape index (κ2) is 51.1. The fourth-order valence-electron chi connectivity index (χ4n) is 8.50. The number of carbonyl (C=O) groups is 2. The van der Waals surface area contributed by atoms with Crippen LogP contribution in [0.5, 0.6) is 0 Å². The molecule has 370 valence electrons. The number of amides is 1. The summed E-state index contributed by atoms with van der Waals surface area (Å²) in [5.41, 5.74) is 0. The summed E-state index contributed by atoms with van der Waals surface area (Å²) in [5, 5.41) is 23.8. The second-order valence-corrected chi connectivity index (χ2v) is 19.0. The van der Waals surface area contributed by atoms with Crippen molar-refractivity contribution in [2.45, 2.75) is 309 Å². The maximum atomic E-state index is 13.2. The number of nitrogens with one attached hydrogen (secondary N) is 1. The van der Waals surface area contributed by atoms with Gasteiger partial charge in [-0.2, -0.15) is 0 Å². The van der Waals surface area contributed by atoms with Gasteiger partial charge in [-0.1, -0.05) is 250 Å². The molecule has 6 heteroatoms. The Morgan fingerprint density at radius 2 is 0.810 bits per heavy atom. The number of aliphatic hydroxyl groups excluding tert-OH is 2. The van der Waals surface area contributed by atoms with Crippen LogP contribution in [0, 0.1) is 0 Å². The Balaban J connectivity index is 4.56. The third-order valence-corrected chi connectivity index (χ3v) is 12.7. The van der Waals surface area contributed by atoms with E-state index in [9.17, 15) is 19.8 Å². The summed E-state index contributed by atoms with van der Waals surface area (Å²) in [6.07, 6.45) is 60.6. The van der Waals surface area contributed by atoms with Gasteiger partial charge in [0.15, 0.2) is 0 Å². The van der Waals surface area contributed by atoms with Gasteiger partial charge in [0, 0.05) is 6.42 Å². The Morgan fingerprint density at radius 3 is 1.25 bits per heavy atom. The number of allylic oxidation sites excluding steroid dienone is 6. The van der Waals surface area contributed by atoms with Crippen LogP contribution in [0.3, 0.4) is 0 Å². The molecule has 1 amide bonds. The summed E-state index contributed by atoms with van der Waals surface area (Å²) in [6.45, 7) is 6.48. The van der Waals surface area contributed by atoms with E-state index in [1.165, 1.54) is 173 Å². The van der Waals surface area contributed by atoms with Gasteiger partial charge in [-0.3, -0.25) is 9.59 Å². The molecule has 6 nitrogen and oxygen atoms in total. The Hall–Kier alpha value is -1.92. The number of esters is 1. The van der Waals surface area contributed by atoms with Crippen LogP contribution in [0.4, 0.5) is 0 Å². The van der Waals surface area contributed by atoms with Crippen LogP contribution in [0.15, 0.2) is 36.5 Å². The first-order valence-corrected chi connectivity index (χ1v) is 27.7. The van der Waals surface area contributed by atoms with Gasteiger partial charge in [0.25, 0.3) is 0 Å². The van der Waals surface area contributed by atoms with Crippen molar-refractivity contribution >= 4 is 11.9 Å². The summed E-state index contributed by atoms with van der Waals surface area (Å²) in [4.78, 5) is 26.2. The van der Waals surface area contributed by atoms with Crippen LogP contribution in [0.25, 0.3) is 0 Å². The first kappa shape index (κ1) is 61.1. The Bertz CT molecular complexity index is 1040. The van der Waals surface area contributed by atoms with E-state index in [0.29, 0.717) is 19.3 Å². The number of hydrogen-bond donors (Lipinski definition) is 3. The van der Waals surface area contributed by atoms with Crippen LogP contribution < -0.4 is 5.32 Å². The van der Waals surface area contributed by atoms with Crippen molar-refractivity contribution in [3.8, 4) is 0 Å². The van der Waals surface area contributed by atoms with Crippen molar-refractivity contribution in [2.75, 3.05) is 6.61 Å². The minimum absolute atomic E-state index is 0.0728. The van der Waals surface area contributed by atoms with Crippen LogP contribution in [0.2, 0.25) is 0 Å². The van der Waals surface area contributed by atoms with Crippen molar-refractivity contribution in [3.05, 3.63) is 36.5 Å². The van der Waals surface area contributed by atoms with Crippen molar-refractivity contribution in [1.82, 2.24) is 5.32 Å². The standard InChI is InChI=1S/C57H107NO5/c1-4-7-10-13-16-19-22-25-27-28-29-32-35-38-41-44-47-50-57(62)63-53(48-45-42-39-36-33-30-24-21-18-15-12-9-6-3)51-56(61)58-54(52-59)55(60)49-46-43-40-37-34-31-26-23-20-17-14-11-8-5-2/h16,19,25,27,29,32,53-55,59-60H,4-15,17-18,20-24,26,28,30-31,33-52H2,1-3H3,(H,58,61)/b19-16-,27-25-,32-29-.